The normalized spacial score (nSPS) is 14.3. The molecule has 0 bridgehead atoms. The van der Waals surface area contributed by atoms with Gasteiger partial charge in [-0.15, -0.1) is 0 Å². The van der Waals surface area contributed by atoms with Gasteiger partial charge in [0.25, 0.3) is 0 Å². The number of hydrogen-bond donors (Lipinski definition) is 2. The second-order valence-electron chi connectivity index (χ2n) is 6.04. The molecule has 0 fully saturated rings. The molecule has 0 aliphatic heterocycles. The van der Waals surface area contributed by atoms with Crippen LogP contribution in [0.5, 0.6) is 0 Å². The highest BCUT2D eigenvalue weighted by molar-refractivity contribution is 6.30. The zero-order valence-corrected chi connectivity index (χ0v) is 14.0. The summed E-state index contributed by atoms with van der Waals surface area (Å²) < 4.78 is 0. The van der Waals surface area contributed by atoms with Gasteiger partial charge in [-0.3, -0.25) is 4.79 Å². The summed E-state index contributed by atoms with van der Waals surface area (Å²) in [5.74, 6) is -0.0307. The first kappa shape index (κ1) is 16.0. The van der Waals surface area contributed by atoms with E-state index in [1.165, 1.54) is 17.5 Å². The molecule has 1 atom stereocenters. The van der Waals surface area contributed by atoms with Gasteiger partial charge in [-0.05, 0) is 67.1 Å². The molecule has 1 amide bonds. The van der Waals surface area contributed by atoms with E-state index in [9.17, 15) is 4.79 Å². The van der Waals surface area contributed by atoms with Crippen LogP contribution in [0.4, 0.5) is 5.69 Å². The van der Waals surface area contributed by atoms with Crippen LogP contribution >= 0.6 is 11.6 Å². The van der Waals surface area contributed by atoms with Gasteiger partial charge in [-0.2, -0.15) is 0 Å². The SMILES string of the molecule is C[C@H](NCC(=O)Nc1ccc2c(c1)CCC2)c1cccc(Cl)c1. The minimum absolute atomic E-state index is 0.0307. The molecule has 3 nitrogen and oxygen atoms in total. The Bertz CT molecular complexity index is 714. The molecule has 2 N–H and O–H groups in total. The summed E-state index contributed by atoms with van der Waals surface area (Å²) in [6, 6.07) is 14.0. The summed E-state index contributed by atoms with van der Waals surface area (Å²) >= 11 is 6.00. The van der Waals surface area contributed by atoms with Crippen molar-refractivity contribution in [3.05, 3.63) is 64.2 Å². The number of carbonyl (C=O) groups excluding carboxylic acids is 1. The Kier molecular flexibility index (Phi) is 4.99. The lowest BCUT2D eigenvalue weighted by molar-refractivity contribution is -0.115. The molecule has 0 aromatic heterocycles. The van der Waals surface area contributed by atoms with Crippen molar-refractivity contribution in [3.8, 4) is 0 Å². The highest BCUT2D eigenvalue weighted by Gasteiger charge is 2.12. The van der Waals surface area contributed by atoms with E-state index in [1.54, 1.807) is 0 Å². The topological polar surface area (TPSA) is 41.1 Å². The number of rotatable bonds is 5. The fourth-order valence-electron chi connectivity index (χ4n) is 2.99. The molecule has 23 heavy (non-hydrogen) atoms. The number of nitrogens with one attached hydrogen (secondary N) is 2. The van der Waals surface area contributed by atoms with Gasteiger partial charge in [-0.1, -0.05) is 29.8 Å². The van der Waals surface area contributed by atoms with Crippen LogP contribution in [-0.2, 0) is 17.6 Å². The Balaban J connectivity index is 1.53. The standard InChI is InChI=1S/C19H21ClN2O/c1-13(15-5-3-7-17(20)10-15)21-12-19(23)22-18-9-8-14-4-2-6-16(14)11-18/h3,5,7-11,13,21H,2,4,6,12H2,1H3,(H,22,23)/t13-/m0/s1. The summed E-state index contributed by atoms with van der Waals surface area (Å²) in [7, 11) is 0. The zero-order chi connectivity index (χ0) is 16.2. The predicted octanol–water partition coefficient (Wildman–Crippen LogP) is 4.12. The highest BCUT2D eigenvalue weighted by Crippen LogP contribution is 2.24. The summed E-state index contributed by atoms with van der Waals surface area (Å²) in [5, 5.41) is 6.90. The van der Waals surface area contributed by atoms with Gasteiger partial charge in [0, 0.05) is 16.8 Å². The van der Waals surface area contributed by atoms with Gasteiger partial charge in [0.15, 0.2) is 0 Å². The summed E-state index contributed by atoms with van der Waals surface area (Å²) in [5.41, 5.74) is 4.73. The van der Waals surface area contributed by atoms with E-state index >= 15 is 0 Å². The lowest BCUT2D eigenvalue weighted by atomic mass is 10.1. The Hall–Kier alpha value is -1.84. The third-order valence-corrected chi connectivity index (χ3v) is 4.53. The second-order valence-corrected chi connectivity index (χ2v) is 6.48. The van der Waals surface area contributed by atoms with Gasteiger partial charge in [-0.25, -0.2) is 0 Å². The third kappa shape index (κ3) is 4.12. The minimum Gasteiger partial charge on any atom is -0.325 e. The molecule has 0 unspecified atom stereocenters. The number of anilines is 1. The first-order chi connectivity index (χ1) is 11.1. The molecular formula is C19H21ClN2O. The molecule has 120 valence electrons. The van der Waals surface area contributed by atoms with E-state index in [4.69, 9.17) is 11.6 Å². The van der Waals surface area contributed by atoms with Crippen molar-refractivity contribution in [2.75, 3.05) is 11.9 Å². The van der Waals surface area contributed by atoms with Crippen molar-refractivity contribution < 1.29 is 4.79 Å². The van der Waals surface area contributed by atoms with Crippen LogP contribution in [0.1, 0.15) is 36.1 Å². The number of amides is 1. The highest BCUT2D eigenvalue weighted by atomic mass is 35.5. The van der Waals surface area contributed by atoms with E-state index in [0.717, 1.165) is 24.1 Å². The van der Waals surface area contributed by atoms with E-state index in [-0.39, 0.29) is 18.5 Å². The Labute approximate surface area is 142 Å². The zero-order valence-electron chi connectivity index (χ0n) is 13.2. The van der Waals surface area contributed by atoms with Crippen molar-refractivity contribution in [3.63, 3.8) is 0 Å². The number of hydrogen-bond acceptors (Lipinski definition) is 2. The molecular weight excluding hydrogens is 308 g/mol. The van der Waals surface area contributed by atoms with Crippen molar-refractivity contribution in [1.29, 1.82) is 0 Å². The molecule has 0 spiro atoms. The Morgan fingerprint density at radius 3 is 2.83 bits per heavy atom. The fourth-order valence-corrected chi connectivity index (χ4v) is 3.19. The van der Waals surface area contributed by atoms with Gasteiger partial charge in [0.2, 0.25) is 5.91 Å². The van der Waals surface area contributed by atoms with Crippen LogP contribution < -0.4 is 10.6 Å². The maximum absolute atomic E-state index is 12.1. The van der Waals surface area contributed by atoms with Crippen LogP contribution in [0.3, 0.4) is 0 Å². The average Bonchev–Trinajstić information content (AvgIpc) is 3.00. The molecule has 0 heterocycles. The van der Waals surface area contributed by atoms with Crippen LogP contribution in [0.25, 0.3) is 0 Å². The van der Waals surface area contributed by atoms with E-state index in [1.807, 2.05) is 37.3 Å². The van der Waals surface area contributed by atoms with Crippen molar-refractivity contribution in [2.45, 2.75) is 32.2 Å². The van der Waals surface area contributed by atoms with E-state index < -0.39 is 0 Å². The summed E-state index contributed by atoms with van der Waals surface area (Å²) in [6.07, 6.45) is 3.48. The molecule has 2 aromatic carbocycles. The molecule has 2 aromatic rings. The maximum Gasteiger partial charge on any atom is 0.238 e. The Morgan fingerprint density at radius 1 is 1.17 bits per heavy atom. The van der Waals surface area contributed by atoms with E-state index in [2.05, 4.69) is 22.8 Å². The monoisotopic (exact) mass is 328 g/mol. The van der Waals surface area contributed by atoms with Crippen molar-refractivity contribution >= 4 is 23.2 Å². The number of carbonyl (C=O) groups is 1. The van der Waals surface area contributed by atoms with Gasteiger partial charge < -0.3 is 10.6 Å². The van der Waals surface area contributed by atoms with Crippen LogP contribution in [0.2, 0.25) is 5.02 Å². The molecule has 0 saturated heterocycles. The van der Waals surface area contributed by atoms with Crippen molar-refractivity contribution in [1.82, 2.24) is 5.32 Å². The summed E-state index contributed by atoms with van der Waals surface area (Å²) in [4.78, 5) is 12.1. The average molecular weight is 329 g/mol. The third-order valence-electron chi connectivity index (χ3n) is 4.30. The van der Waals surface area contributed by atoms with Gasteiger partial charge in [0.1, 0.15) is 0 Å². The number of halogens is 1. The number of fused-ring (bicyclic) bond motifs is 1. The predicted molar refractivity (Wildman–Crippen MR) is 95.0 cm³/mol. The fraction of sp³-hybridized carbons (Fsp3) is 0.316. The quantitative estimate of drug-likeness (QED) is 0.867. The maximum atomic E-state index is 12.1. The molecule has 1 aliphatic carbocycles. The van der Waals surface area contributed by atoms with Gasteiger partial charge in [0.05, 0.1) is 6.54 Å². The van der Waals surface area contributed by atoms with Crippen LogP contribution in [0.15, 0.2) is 42.5 Å². The minimum atomic E-state index is -0.0307. The molecule has 0 saturated carbocycles. The number of aryl methyl sites for hydroxylation is 2. The smallest absolute Gasteiger partial charge is 0.238 e. The van der Waals surface area contributed by atoms with Crippen LogP contribution in [0, 0.1) is 0 Å². The first-order valence-electron chi connectivity index (χ1n) is 8.02. The molecule has 0 radical (unpaired) electrons. The Morgan fingerprint density at radius 2 is 2.00 bits per heavy atom. The largest absolute Gasteiger partial charge is 0.325 e. The van der Waals surface area contributed by atoms with Crippen molar-refractivity contribution in [2.24, 2.45) is 0 Å². The number of benzene rings is 2. The second kappa shape index (κ2) is 7.16. The summed E-state index contributed by atoms with van der Waals surface area (Å²) in [6.45, 7) is 2.29. The molecule has 1 aliphatic rings. The van der Waals surface area contributed by atoms with E-state index in [0.29, 0.717) is 5.02 Å². The first-order valence-corrected chi connectivity index (χ1v) is 8.40. The lowest BCUT2D eigenvalue weighted by Gasteiger charge is -2.14. The molecule has 4 heteroatoms. The molecule has 3 rings (SSSR count). The van der Waals surface area contributed by atoms with Crippen LogP contribution in [-0.4, -0.2) is 12.5 Å². The van der Waals surface area contributed by atoms with Gasteiger partial charge >= 0.3 is 0 Å². The lowest BCUT2D eigenvalue weighted by Crippen LogP contribution is -2.30.